The van der Waals surface area contributed by atoms with Gasteiger partial charge in [-0.05, 0) is 38.0 Å². The van der Waals surface area contributed by atoms with Crippen LogP contribution in [0.25, 0.3) is 0 Å². The predicted molar refractivity (Wildman–Crippen MR) is 77.2 cm³/mol. The van der Waals surface area contributed by atoms with Crippen LogP contribution in [0, 0.1) is 13.8 Å². The van der Waals surface area contributed by atoms with Crippen molar-refractivity contribution in [2.24, 2.45) is 5.73 Å². The predicted octanol–water partition coefficient (Wildman–Crippen LogP) is 2.01. The molecule has 0 heterocycles. The van der Waals surface area contributed by atoms with Crippen LogP contribution >= 0.6 is 0 Å². The van der Waals surface area contributed by atoms with E-state index in [1.165, 1.54) is 11.1 Å². The molecule has 1 amide bonds. The van der Waals surface area contributed by atoms with Crippen molar-refractivity contribution >= 4 is 5.91 Å². The Morgan fingerprint density at radius 1 is 1.37 bits per heavy atom. The molecule has 0 fully saturated rings. The van der Waals surface area contributed by atoms with Crippen molar-refractivity contribution in [3.63, 3.8) is 0 Å². The molecule has 1 rings (SSSR count). The van der Waals surface area contributed by atoms with Gasteiger partial charge in [0.05, 0.1) is 7.11 Å². The smallest absolute Gasteiger partial charge is 0.224 e. The summed E-state index contributed by atoms with van der Waals surface area (Å²) < 4.78 is 5.38. The molecule has 106 valence electrons. The highest BCUT2D eigenvalue weighted by Crippen LogP contribution is 2.24. The molecule has 2 N–H and O–H groups in total. The van der Waals surface area contributed by atoms with Crippen LogP contribution in [0.5, 0.6) is 5.75 Å². The van der Waals surface area contributed by atoms with E-state index in [-0.39, 0.29) is 11.9 Å². The van der Waals surface area contributed by atoms with Gasteiger partial charge in [0.2, 0.25) is 5.91 Å². The molecule has 0 saturated carbocycles. The Hall–Kier alpha value is -1.55. The largest absolute Gasteiger partial charge is 0.496 e. The lowest BCUT2D eigenvalue weighted by Gasteiger charge is -2.20. The highest BCUT2D eigenvalue weighted by Gasteiger charge is 2.14. The van der Waals surface area contributed by atoms with E-state index in [2.05, 4.69) is 13.0 Å². The number of methoxy groups -OCH3 is 1. The lowest BCUT2D eigenvalue weighted by molar-refractivity contribution is -0.130. The Morgan fingerprint density at radius 3 is 2.47 bits per heavy atom. The number of nitrogens with zero attached hydrogens (tertiary/aromatic N) is 1. The second kappa shape index (κ2) is 6.57. The van der Waals surface area contributed by atoms with Gasteiger partial charge >= 0.3 is 0 Å². The zero-order valence-corrected chi connectivity index (χ0v) is 12.5. The third-order valence-corrected chi connectivity index (χ3v) is 3.23. The fraction of sp³-hybridized carbons (Fsp3) is 0.533. The maximum atomic E-state index is 11.9. The molecule has 0 aliphatic heterocycles. The average Bonchev–Trinajstić information content (AvgIpc) is 2.32. The second-order valence-corrected chi connectivity index (χ2v) is 5.18. The van der Waals surface area contributed by atoms with E-state index < -0.39 is 0 Å². The standard InChI is InChI=1S/C15H24N2O2/c1-10-6-13(14(19-5)7-11(10)2)9-17(4)15(18)8-12(3)16/h6-7,12H,8-9,16H2,1-5H3. The summed E-state index contributed by atoms with van der Waals surface area (Å²) in [6, 6.07) is 3.97. The van der Waals surface area contributed by atoms with Crippen LogP contribution in [0.3, 0.4) is 0 Å². The summed E-state index contributed by atoms with van der Waals surface area (Å²) in [7, 11) is 3.44. The number of nitrogens with two attached hydrogens (primary N) is 1. The van der Waals surface area contributed by atoms with E-state index in [0.717, 1.165) is 11.3 Å². The Morgan fingerprint density at radius 2 is 1.95 bits per heavy atom. The molecule has 0 spiro atoms. The van der Waals surface area contributed by atoms with E-state index in [0.29, 0.717) is 13.0 Å². The van der Waals surface area contributed by atoms with Gasteiger partial charge < -0.3 is 15.4 Å². The first-order valence-electron chi connectivity index (χ1n) is 6.48. The third kappa shape index (κ3) is 4.24. The monoisotopic (exact) mass is 264 g/mol. The lowest BCUT2D eigenvalue weighted by Crippen LogP contribution is -2.31. The summed E-state index contributed by atoms with van der Waals surface area (Å²) >= 11 is 0. The molecule has 1 atom stereocenters. The lowest BCUT2D eigenvalue weighted by atomic mass is 10.0. The van der Waals surface area contributed by atoms with Crippen molar-refractivity contribution in [3.8, 4) is 5.75 Å². The molecule has 4 nitrogen and oxygen atoms in total. The van der Waals surface area contributed by atoms with Gasteiger partial charge in [0.25, 0.3) is 0 Å². The number of amides is 1. The highest BCUT2D eigenvalue weighted by molar-refractivity contribution is 5.76. The minimum atomic E-state index is -0.114. The first-order valence-corrected chi connectivity index (χ1v) is 6.48. The van der Waals surface area contributed by atoms with Gasteiger partial charge in [-0.15, -0.1) is 0 Å². The number of ether oxygens (including phenoxy) is 1. The third-order valence-electron chi connectivity index (χ3n) is 3.23. The number of aryl methyl sites for hydroxylation is 2. The van der Waals surface area contributed by atoms with Crippen LogP contribution in [0.2, 0.25) is 0 Å². The molecule has 0 bridgehead atoms. The summed E-state index contributed by atoms with van der Waals surface area (Å²) in [5.41, 5.74) is 9.06. The molecule has 0 aromatic heterocycles. The Balaban J connectivity index is 2.87. The minimum absolute atomic E-state index is 0.0512. The van der Waals surface area contributed by atoms with E-state index in [4.69, 9.17) is 10.5 Å². The maximum Gasteiger partial charge on any atom is 0.224 e. The first-order chi connectivity index (χ1) is 8.85. The van der Waals surface area contributed by atoms with E-state index >= 15 is 0 Å². The van der Waals surface area contributed by atoms with Crippen LogP contribution in [-0.4, -0.2) is 31.0 Å². The van der Waals surface area contributed by atoms with Crippen LogP contribution < -0.4 is 10.5 Å². The number of hydrogen-bond donors (Lipinski definition) is 1. The summed E-state index contributed by atoms with van der Waals surface area (Å²) in [5, 5.41) is 0. The molecule has 0 radical (unpaired) electrons. The summed E-state index contributed by atoms with van der Waals surface area (Å²) in [6.45, 7) is 6.48. The normalized spacial score (nSPS) is 12.1. The number of carbonyl (C=O) groups is 1. The van der Waals surface area contributed by atoms with E-state index in [1.807, 2.05) is 19.9 Å². The first kappa shape index (κ1) is 15.5. The van der Waals surface area contributed by atoms with Crippen molar-refractivity contribution in [3.05, 3.63) is 28.8 Å². The number of rotatable bonds is 5. The fourth-order valence-corrected chi connectivity index (χ4v) is 1.94. The molecule has 1 unspecified atom stereocenters. The SMILES string of the molecule is COc1cc(C)c(C)cc1CN(C)C(=O)CC(C)N. The van der Waals surface area contributed by atoms with Crippen LogP contribution in [0.15, 0.2) is 12.1 Å². The molecule has 1 aromatic carbocycles. The van der Waals surface area contributed by atoms with Gasteiger partial charge in [-0.2, -0.15) is 0 Å². The van der Waals surface area contributed by atoms with E-state index in [9.17, 15) is 4.79 Å². The van der Waals surface area contributed by atoms with Gasteiger partial charge in [0.15, 0.2) is 0 Å². The Kier molecular flexibility index (Phi) is 5.36. The molecule has 0 aliphatic rings. The van der Waals surface area contributed by atoms with Gasteiger partial charge in [-0.25, -0.2) is 0 Å². The highest BCUT2D eigenvalue weighted by atomic mass is 16.5. The average molecular weight is 264 g/mol. The molecule has 1 aromatic rings. The van der Waals surface area contributed by atoms with Crippen molar-refractivity contribution in [2.45, 2.75) is 39.8 Å². The van der Waals surface area contributed by atoms with Crippen molar-refractivity contribution in [1.29, 1.82) is 0 Å². The van der Waals surface area contributed by atoms with Crippen LogP contribution in [0.4, 0.5) is 0 Å². The van der Waals surface area contributed by atoms with Gasteiger partial charge in [0.1, 0.15) is 5.75 Å². The Labute approximate surface area is 115 Å². The zero-order chi connectivity index (χ0) is 14.6. The Bertz CT molecular complexity index is 456. The number of carbonyl (C=O) groups excluding carboxylic acids is 1. The molecule has 0 saturated heterocycles. The molecule has 19 heavy (non-hydrogen) atoms. The number of hydrogen-bond acceptors (Lipinski definition) is 3. The van der Waals surface area contributed by atoms with Crippen LogP contribution in [0.1, 0.15) is 30.0 Å². The van der Waals surface area contributed by atoms with E-state index in [1.54, 1.807) is 19.1 Å². The van der Waals surface area contributed by atoms with Gasteiger partial charge in [-0.1, -0.05) is 6.07 Å². The van der Waals surface area contributed by atoms with Gasteiger partial charge in [-0.3, -0.25) is 4.79 Å². The maximum absolute atomic E-state index is 11.9. The second-order valence-electron chi connectivity index (χ2n) is 5.18. The molecular weight excluding hydrogens is 240 g/mol. The summed E-state index contributed by atoms with van der Waals surface area (Å²) in [5.74, 6) is 0.874. The van der Waals surface area contributed by atoms with Crippen molar-refractivity contribution in [2.75, 3.05) is 14.2 Å². The van der Waals surface area contributed by atoms with Crippen molar-refractivity contribution in [1.82, 2.24) is 4.90 Å². The summed E-state index contributed by atoms with van der Waals surface area (Å²) in [4.78, 5) is 13.6. The molecule has 4 heteroatoms. The van der Waals surface area contributed by atoms with Crippen LogP contribution in [-0.2, 0) is 11.3 Å². The zero-order valence-electron chi connectivity index (χ0n) is 12.5. The quantitative estimate of drug-likeness (QED) is 0.885. The molecular formula is C15H24N2O2. The number of benzene rings is 1. The topological polar surface area (TPSA) is 55.6 Å². The minimum Gasteiger partial charge on any atom is -0.496 e. The fourth-order valence-electron chi connectivity index (χ4n) is 1.94. The summed E-state index contributed by atoms with van der Waals surface area (Å²) in [6.07, 6.45) is 0.365. The van der Waals surface area contributed by atoms with Gasteiger partial charge in [0, 0.05) is 31.6 Å². The molecule has 0 aliphatic carbocycles. The van der Waals surface area contributed by atoms with Crippen molar-refractivity contribution < 1.29 is 9.53 Å².